The fourth-order valence-electron chi connectivity index (χ4n) is 4.36. The Bertz CT molecular complexity index is 1330. The maximum atomic E-state index is 12.3. The summed E-state index contributed by atoms with van der Waals surface area (Å²) >= 11 is 1.41. The highest BCUT2D eigenvalue weighted by Gasteiger charge is 2.32. The van der Waals surface area contributed by atoms with Crippen LogP contribution in [0, 0.1) is 0 Å². The van der Waals surface area contributed by atoms with Gasteiger partial charge in [0.1, 0.15) is 0 Å². The number of carboxylic acids is 2. The molecule has 4 rings (SSSR count). The quantitative estimate of drug-likeness (QED) is 0.212. The SMILES string of the molecule is O=C(O)CCCC(=O)Nc1cccc([C@H]2O[C@@H](CSc3ccccc3C(=O)O)C[C@@H](c3ccc(CO)cc3)O2)c1. The molecule has 3 atom stereocenters. The number of aliphatic carboxylic acids is 1. The number of aliphatic hydroxyl groups excluding tert-OH is 1. The highest BCUT2D eigenvalue weighted by Crippen LogP contribution is 2.40. The lowest BCUT2D eigenvalue weighted by Gasteiger charge is -2.36. The third-order valence-electron chi connectivity index (χ3n) is 6.39. The summed E-state index contributed by atoms with van der Waals surface area (Å²) in [6.45, 7) is -0.0609. The van der Waals surface area contributed by atoms with E-state index in [1.807, 2.05) is 30.3 Å². The lowest BCUT2D eigenvalue weighted by Crippen LogP contribution is -2.31. The molecule has 0 spiro atoms. The average molecular weight is 566 g/mol. The number of amides is 1. The van der Waals surface area contributed by atoms with Crippen LogP contribution in [0.5, 0.6) is 0 Å². The first-order valence-electron chi connectivity index (χ1n) is 12.9. The number of thioether (sulfide) groups is 1. The number of nitrogens with one attached hydrogen (secondary N) is 1. The summed E-state index contributed by atoms with van der Waals surface area (Å²) in [5.74, 6) is -1.72. The minimum atomic E-state index is -0.988. The van der Waals surface area contributed by atoms with Crippen LogP contribution in [0.1, 0.15) is 65.1 Å². The molecule has 1 amide bonds. The zero-order chi connectivity index (χ0) is 28.5. The van der Waals surface area contributed by atoms with Crippen molar-refractivity contribution >= 4 is 35.3 Å². The summed E-state index contributed by atoms with van der Waals surface area (Å²) in [6.07, 6.45) is -0.540. The minimum Gasteiger partial charge on any atom is -0.481 e. The van der Waals surface area contributed by atoms with Crippen molar-refractivity contribution in [1.29, 1.82) is 0 Å². The number of hydrogen-bond donors (Lipinski definition) is 4. The Morgan fingerprint density at radius 2 is 1.68 bits per heavy atom. The van der Waals surface area contributed by atoms with Gasteiger partial charge in [-0.2, -0.15) is 0 Å². The van der Waals surface area contributed by atoms with Crippen LogP contribution in [0.3, 0.4) is 0 Å². The first-order chi connectivity index (χ1) is 19.3. The van der Waals surface area contributed by atoms with E-state index in [2.05, 4.69) is 5.32 Å². The molecule has 0 radical (unpaired) electrons. The predicted octanol–water partition coefficient (Wildman–Crippen LogP) is 5.41. The van der Waals surface area contributed by atoms with Gasteiger partial charge in [0.2, 0.25) is 5.91 Å². The molecule has 1 aliphatic rings. The molecule has 3 aromatic rings. The highest BCUT2D eigenvalue weighted by atomic mass is 32.2. The van der Waals surface area contributed by atoms with Crippen LogP contribution < -0.4 is 5.32 Å². The third-order valence-corrected chi connectivity index (χ3v) is 7.60. The monoisotopic (exact) mass is 565 g/mol. The molecular formula is C30H31NO8S. The minimum absolute atomic E-state index is 0.0609. The first-order valence-corrected chi connectivity index (χ1v) is 13.9. The van der Waals surface area contributed by atoms with Crippen molar-refractivity contribution < 1.29 is 39.2 Å². The number of aromatic carboxylic acids is 1. The number of carboxylic acid groups (broad SMARTS) is 2. The van der Waals surface area contributed by atoms with Gasteiger partial charge < -0.3 is 30.1 Å². The van der Waals surface area contributed by atoms with E-state index in [-0.39, 0.29) is 49.5 Å². The number of anilines is 1. The molecule has 210 valence electrons. The first kappa shape index (κ1) is 29.3. The fourth-order valence-corrected chi connectivity index (χ4v) is 5.43. The normalized spacial score (nSPS) is 18.7. The van der Waals surface area contributed by atoms with E-state index < -0.39 is 18.2 Å². The summed E-state index contributed by atoms with van der Waals surface area (Å²) in [6, 6.07) is 21.5. The molecule has 1 aliphatic heterocycles. The molecule has 0 aromatic heterocycles. The second-order valence-corrected chi connectivity index (χ2v) is 10.4. The zero-order valence-electron chi connectivity index (χ0n) is 21.7. The van der Waals surface area contributed by atoms with E-state index in [1.54, 1.807) is 42.5 Å². The van der Waals surface area contributed by atoms with Crippen LogP contribution in [-0.2, 0) is 25.7 Å². The van der Waals surface area contributed by atoms with Gasteiger partial charge in [-0.1, -0.05) is 48.5 Å². The standard InChI is InChI=1S/C30H31NO8S/c32-17-19-11-13-20(14-12-19)25-16-23(18-40-26-8-2-1-7-24(26)29(36)37)38-30(39-25)21-5-3-6-22(15-21)31-27(33)9-4-10-28(34)35/h1-3,5-8,11-15,23,25,30,32H,4,9-10,16-18H2,(H,31,33)(H,34,35)(H,36,37)/t23-,25+,30+/m1/s1. The van der Waals surface area contributed by atoms with Gasteiger partial charge in [-0.25, -0.2) is 4.79 Å². The summed E-state index contributed by atoms with van der Waals surface area (Å²) in [5, 5.41) is 30.6. The van der Waals surface area contributed by atoms with E-state index in [9.17, 15) is 24.6 Å². The molecule has 3 aromatic carbocycles. The van der Waals surface area contributed by atoms with Gasteiger partial charge in [0.05, 0.1) is 24.4 Å². The third kappa shape index (κ3) is 8.15. The molecule has 0 bridgehead atoms. The van der Waals surface area contributed by atoms with Crippen molar-refractivity contribution in [2.75, 3.05) is 11.1 Å². The largest absolute Gasteiger partial charge is 0.481 e. The van der Waals surface area contributed by atoms with Crippen LogP contribution in [0.25, 0.3) is 0 Å². The summed E-state index contributed by atoms with van der Waals surface area (Å²) in [5.41, 5.74) is 3.19. The summed E-state index contributed by atoms with van der Waals surface area (Å²) < 4.78 is 12.7. The Morgan fingerprint density at radius 3 is 2.40 bits per heavy atom. The van der Waals surface area contributed by atoms with E-state index in [0.29, 0.717) is 28.3 Å². The van der Waals surface area contributed by atoms with Crippen LogP contribution in [-0.4, -0.2) is 45.0 Å². The Balaban J connectivity index is 1.51. The van der Waals surface area contributed by atoms with Gasteiger partial charge in [-0.05, 0) is 41.8 Å². The van der Waals surface area contributed by atoms with Crippen molar-refractivity contribution in [3.8, 4) is 0 Å². The summed E-state index contributed by atoms with van der Waals surface area (Å²) in [4.78, 5) is 35.3. The molecule has 1 fully saturated rings. The molecule has 10 heteroatoms. The number of carbonyl (C=O) groups excluding carboxylic acids is 1. The van der Waals surface area contributed by atoms with Crippen molar-refractivity contribution in [1.82, 2.24) is 0 Å². The van der Waals surface area contributed by atoms with Crippen molar-refractivity contribution in [3.05, 3.63) is 95.1 Å². The molecular weight excluding hydrogens is 534 g/mol. The second kappa shape index (κ2) is 14.1. The highest BCUT2D eigenvalue weighted by molar-refractivity contribution is 7.99. The lowest BCUT2D eigenvalue weighted by molar-refractivity contribution is -0.245. The number of aliphatic hydroxyl groups is 1. The van der Waals surface area contributed by atoms with Gasteiger partial charge >= 0.3 is 11.9 Å². The average Bonchev–Trinajstić information content (AvgIpc) is 2.96. The fraction of sp³-hybridized carbons (Fsp3) is 0.300. The Kier molecular flexibility index (Phi) is 10.3. The van der Waals surface area contributed by atoms with Gasteiger partial charge in [0, 0.05) is 41.2 Å². The predicted molar refractivity (Wildman–Crippen MR) is 149 cm³/mol. The van der Waals surface area contributed by atoms with Gasteiger partial charge in [0.15, 0.2) is 6.29 Å². The number of hydrogen-bond acceptors (Lipinski definition) is 7. The van der Waals surface area contributed by atoms with Gasteiger partial charge in [0.25, 0.3) is 0 Å². The summed E-state index contributed by atoms with van der Waals surface area (Å²) in [7, 11) is 0. The van der Waals surface area contributed by atoms with Crippen molar-refractivity contribution in [2.45, 2.75) is 55.7 Å². The molecule has 4 N–H and O–H groups in total. The zero-order valence-corrected chi connectivity index (χ0v) is 22.5. The van der Waals surface area contributed by atoms with Crippen LogP contribution >= 0.6 is 11.8 Å². The van der Waals surface area contributed by atoms with Gasteiger partial charge in [-0.3, -0.25) is 9.59 Å². The van der Waals surface area contributed by atoms with E-state index in [0.717, 1.165) is 11.1 Å². The van der Waals surface area contributed by atoms with E-state index in [4.69, 9.17) is 14.6 Å². The van der Waals surface area contributed by atoms with Crippen molar-refractivity contribution in [3.63, 3.8) is 0 Å². The Morgan fingerprint density at radius 1 is 0.900 bits per heavy atom. The van der Waals surface area contributed by atoms with Gasteiger partial charge in [-0.15, -0.1) is 11.8 Å². The van der Waals surface area contributed by atoms with Crippen LogP contribution in [0.15, 0.2) is 77.7 Å². The maximum Gasteiger partial charge on any atom is 0.336 e. The number of benzene rings is 3. The molecule has 9 nitrogen and oxygen atoms in total. The Hall–Kier alpha value is -3.70. The smallest absolute Gasteiger partial charge is 0.336 e. The topological polar surface area (TPSA) is 142 Å². The Labute approximate surface area is 236 Å². The van der Waals surface area contributed by atoms with E-state index in [1.165, 1.54) is 11.8 Å². The molecule has 0 aliphatic carbocycles. The number of carbonyl (C=O) groups is 3. The lowest BCUT2D eigenvalue weighted by atomic mass is 10.0. The number of ether oxygens (including phenoxy) is 2. The van der Waals surface area contributed by atoms with Crippen molar-refractivity contribution in [2.24, 2.45) is 0 Å². The second-order valence-electron chi connectivity index (χ2n) is 9.38. The molecule has 1 heterocycles. The molecule has 40 heavy (non-hydrogen) atoms. The maximum absolute atomic E-state index is 12.3. The van der Waals surface area contributed by atoms with Crippen LogP contribution in [0.4, 0.5) is 5.69 Å². The van der Waals surface area contributed by atoms with Crippen LogP contribution in [0.2, 0.25) is 0 Å². The van der Waals surface area contributed by atoms with E-state index >= 15 is 0 Å². The molecule has 0 unspecified atom stereocenters. The number of rotatable bonds is 12. The molecule has 0 saturated carbocycles. The molecule has 1 saturated heterocycles.